The number of amides is 1. The fourth-order valence-corrected chi connectivity index (χ4v) is 4.44. The molecule has 7 heteroatoms. The maximum absolute atomic E-state index is 12.8. The Labute approximate surface area is 177 Å². The van der Waals surface area contributed by atoms with Crippen molar-refractivity contribution in [3.8, 4) is 11.3 Å². The highest BCUT2D eigenvalue weighted by molar-refractivity contribution is 8.14. The summed E-state index contributed by atoms with van der Waals surface area (Å²) in [5, 5.41) is 8.99. The number of carbonyl (C=O) groups is 2. The van der Waals surface area contributed by atoms with E-state index in [0.29, 0.717) is 23.0 Å². The van der Waals surface area contributed by atoms with Crippen molar-refractivity contribution in [2.24, 2.45) is 0 Å². The van der Waals surface area contributed by atoms with Gasteiger partial charge in [-0.25, -0.2) is 4.79 Å². The van der Waals surface area contributed by atoms with E-state index in [-0.39, 0.29) is 16.2 Å². The molecular formula is C22H17NO4S2. The van der Waals surface area contributed by atoms with E-state index in [4.69, 9.17) is 9.52 Å². The largest absolute Gasteiger partial charge is 0.478 e. The maximum Gasteiger partial charge on any atom is 0.335 e. The third-order valence-corrected chi connectivity index (χ3v) is 6.09. The zero-order valence-corrected chi connectivity index (χ0v) is 16.9. The van der Waals surface area contributed by atoms with Crippen molar-refractivity contribution in [1.82, 2.24) is 4.90 Å². The lowest BCUT2D eigenvalue weighted by atomic mass is 10.1. The quantitative estimate of drug-likeness (QED) is 0.448. The predicted molar refractivity (Wildman–Crippen MR) is 116 cm³/mol. The maximum atomic E-state index is 12.8. The van der Waals surface area contributed by atoms with Gasteiger partial charge >= 0.3 is 5.97 Å². The molecule has 29 heavy (non-hydrogen) atoms. The number of carboxylic acid groups (broad SMARTS) is 1. The van der Waals surface area contributed by atoms with Gasteiger partial charge < -0.3 is 14.4 Å². The van der Waals surface area contributed by atoms with Crippen LogP contribution in [0, 0.1) is 0 Å². The minimum Gasteiger partial charge on any atom is -0.478 e. The van der Waals surface area contributed by atoms with Gasteiger partial charge in [-0.3, -0.25) is 4.79 Å². The number of hydrogen-bond donors (Lipinski definition) is 2. The lowest BCUT2D eigenvalue weighted by Crippen LogP contribution is -2.28. The van der Waals surface area contributed by atoms with Crippen LogP contribution in [0.5, 0.6) is 0 Å². The molecule has 1 fully saturated rings. The summed E-state index contributed by atoms with van der Waals surface area (Å²) in [5.41, 5.74) is 2.03. The SMILES string of the molecule is O=C(O)c1ccc(-c2ccc(/C=C3/SC(S)N(Cc4ccccc4)C3=O)o2)cc1. The first-order valence-corrected chi connectivity index (χ1v) is 10.3. The first-order chi connectivity index (χ1) is 14.0. The van der Waals surface area contributed by atoms with Gasteiger partial charge in [-0.1, -0.05) is 54.2 Å². The summed E-state index contributed by atoms with van der Waals surface area (Å²) in [4.78, 5) is 26.0. The third kappa shape index (κ3) is 4.26. The van der Waals surface area contributed by atoms with Gasteiger partial charge in [0.05, 0.1) is 10.5 Å². The van der Waals surface area contributed by atoms with Crippen molar-refractivity contribution in [3.05, 3.63) is 88.5 Å². The van der Waals surface area contributed by atoms with Crippen LogP contribution < -0.4 is 0 Å². The summed E-state index contributed by atoms with van der Waals surface area (Å²) >= 11 is 5.92. The highest BCUT2D eigenvalue weighted by Crippen LogP contribution is 2.39. The minimum absolute atomic E-state index is 0.0809. The molecule has 0 spiro atoms. The van der Waals surface area contributed by atoms with Gasteiger partial charge in [-0.05, 0) is 29.8 Å². The van der Waals surface area contributed by atoms with E-state index >= 15 is 0 Å². The molecule has 4 rings (SSSR count). The van der Waals surface area contributed by atoms with E-state index in [1.807, 2.05) is 30.3 Å². The summed E-state index contributed by atoms with van der Waals surface area (Å²) < 4.78 is 5.58. The van der Waals surface area contributed by atoms with Crippen LogP contribution in [0.3, 0.4) is 0 Å². The minimum atomic E-state index is -0.973. The first kappa shape index (κ1) is 19.4. The number of thioether (sulfide) groups is 1. The van der Waals surface area contributed by atoms with Crippen molar-refractivity contribution in [2.45, 2.75) is 11.3 Å². The molecule has 1 unspecified atom stereocenters. The monoisotopic (exact) mass is 423 g/mol. The Morgan fingerprint density at radius 3 is 2.52 bits per heavy atom. The normalized spacial score (nSPS) is 17.8. The second kappa shape index (κ2) is 8.23. The van der Waals surface area contributed by atoms with Crippen LogP contribution in [0.1, 0.15) is 21.7 Å². The summed E-state index contributed by atoms with van der Waals surface area (Å²) in [6.45, 7) is 0.498. The molecule has 1 atom stereocenters. The van der Waals surface area contributed by atoms with Gasteiger partial charge in [-0.15, -0.1) is 12.6 Å². The molecule has 0 bridgehead atoms. The smallest absolute Gasteiger partial charge is 0.335 e. The van der Waals surface area contributed by atoms with E-state index in [2.05, 4.69) is 12.6 Å². The molecular weight excluding hydrogens is 406 g/mol. The van der Waals surface area contributed by atoms with Crippen molar-refractivity contribution in [2.75, 3.05) is 0 Å². The Kier molecular flexibility index (Phi) is 5.51. The van der Waals surface area contributed by atoms with Crippen LogP contribution >= 0.6 is 24.4 Å². The molecule has 0 aliphatic carbocycles. The number of furan rings is 1. The van der Waals surface area contributed by atoms with Crippen LogP contribution in [0.4, 0.5) is 0 Å². The number of carboxylic acids is 1. The number of thiol groups is 1. The molecule has 5 nitrogen and oxygen atoms in total. The Balaban J connectivity index is 1.51. The van der Waals surface area contributed by atoms with Crippen LogP contribution in [-0.4, -0.2) is 26.6 Å². The number of hydrogen-bond acceptors (Lipinski definition) is 5. The molecule has 1 aliphatic heterocycles. The molecule has 3 aromatic rings. The zero-order chi connectivity index (χ0) is 20.4. The van der Waals surface area contributed by atoms with Crippen molar-refractivity contribution >= 4 is 42.3 Å². The fourth-order valence-electron chi connectivity index (χ4n) is 2.99. The number of nitrogens with zero attached hydrogens (tertiary/aromatic N) is 1. The Hall–Kier alpha value is -2.90. The average molecular weight is 424 g/mol. The molecule has 1 N–H and O–H groups in total. The van der Waals surface area contributed by atoms with Gasteiger partial charge in [0.25, 0.3) is 5.91 Å². The summed E-state index contributed by atoms with van der Waals surface area (Å²) in [6, 6.07) is 19.8. The second-order valence-corrected chi connectivity index (χ2v) is 8.42. The van der Waals surface area contributed by atoms with E-state index in [0.717, 1.165) is 11.1 Å². The summed E-state index contributed by atoms with van der Waals surface area (Å²) in [6.07, 6.45) is 1.72. The molecule has 2 heterocycles. The van der Waals surface area contributed by atoms with Gasteiger partial charge in [0, 0.05) is 18.2 Å². The second-order valence-electron chi connectivity index (χ2n) is 6.46. The molecule has 2 aromatic carbocycles. The summed E-state index contributed by atoms with van der Waals surface area (Å²) in [7, 11) is 0. The summed E-state index contributed by atoms with van der Waals surface area (Å²) in [5.74, 6) is 0.107. The van der Waals surface area contributed by atoms with Crippen LogP contribution in [0.25, 0.3) is 17.4 Å². The molecule has 0 saturated carbocycles. The highest BCUT2D eigenvalue weighted by Gasteiger charge is 2.34. The molecule has 1 aliphatic rings. The molecule has 0 radical (unpaired) electrons. The number of benzene rings is 2. The van der Waals surface area contributed by atoms with Crippen LogP contribution in [0.2, 0.25) is 0 Å². The standard InChI is InChI=1S/C22H17NO4S2/c24-20-19(29-22(28)23(20)13-14-4-2-1-3-5-14)12-17-10-11-18(27-17)15-6-8-16(9-7-15)21(25)26/h1-12,22,28H,13H2,(H,25,26)/b19-12+. The third-order valence-electron chi connectivity index (χ3n) is 4.48. The molecule has 1 aromatic heterocycles. The van der Waals surface area contributed by atoms with E-state index in [1.54, 1.807) is 35.2 Å². The van der Waals surface area contributed by atoms with E-state index < -0.39 is 5.97 Å². The highest BCUT2D eigenvalue weighted by atomic mass is 32.2. The van der Waals surface area contributed by atoms with Gasteiger partial charge in [0.2, 0.25) is 0 Å². The topological polar surface area (TPSA) is 70.8 Å². The molecule has 146 valence electrons. The van der Waals surface area contributed by atoms with Crippen molar-refractivity contribution in [1.29, 1.82) is 0 Å². The molecule has 1 amide bonds. The number of rotatable bonds is 5. The zero-order valence-electron chi connectivity index (χ0n) is 15.2. The van der Waals surface area contributed by atoms with Crippen LogP contribution in [0.15, 0.2) is 76.1 Å². The Morgan fingerprint density at radius 1 is 1.10 bits per heavy atom. The predicted octanol–water partition coefficient (Wildman–Crippen LogP) is 4.97. The Morgan fingerprint density at radius 2 is 1.83 bits per heavy atom. The average Bonchev–Trinajstić information content (AvgIpc) is 3.29. The van der Waals surface area contributed by atoms with Gasteiger partial charge in [0.15, 0.2) is 0 Å². The van der Waals surface area contributed by atoms with Crippen molar-refractivity contribution < 1.29 is 19.1 Å². The van der Waals surface area contributed by atoms with Gasteiger partial charge in [-0.2, -0.15) is 0 Å². The van der Waals surface area contributed by atoms with Gasteiger partial charge in [0.1, 0.15) is 16.2 Å². The first-order valence-electron chi connectivity index (χ1n) is 8.86. The lowest BCUT2D eigenvalue weighted by molar-refractivity contribution is -0.125. The van der Waals surface area contributed by atoms with Crippen LogP contribution in [-0.2, 0) is 11.3 Å². The van der Waals surface area contributed by atoms with E-state index in [9.17, 15) is 9.59 Å². The number of carbonyl (C=O) groups excluding carboxylic acids is 1. The number of aromatic carboxylic acids is 1. The lowest BCUT2D eigenvalue weighted by Gasteiger charge is -2.19. The molecule has 1 saturated heterocycles. The van der Waals surface area contributed by atoms with E-state index in [1.165, 1.54) is 23.9 Å². The fraction of sp³-hybridized carbons (Fsp3) is 0.0909. The van der Waals surface area contributed by atoms with Crippen molar-refractivity contribution in [3.63, 3.8) is 0 Å². The Bertz CT molecular complexity index is 1070.